The van der Waals surface area contributed by atoms with E-state index in [2.05, 4.69) is 5.32 Å². The summed E-state index contributed by atoms with van der Waals surface area (Å²) < 4.78 is 5.38. The topological polar surface area (TPSA) is 62.1 Å². The largest absolute Gasteiger partial charge is 0.484 e. The Morgan fingerprint density at radius 2 is 1.95 bits per heavy atom. The smallest absolute Gasteiger partial charge is 0.258 e. The number of carbonyl (C=O) groups is 1. The number of amides is 1. The molecule has 1 amide bonds. The number of rotatable bonds is 5. The van der Waals surface area contributed by atoms with Gasteiger partial charge in [-0.15, -0.1) is 0 Å². The van der Waals surface area contributed by atoms with E-state index in [0.29, 0.717) is 16.3 Å². The molecule has 22 heavy (non-hydrogen) atoms. The fourth-order valence-electron chi connectivity index (χ4n) is 1.96. The molecule has 0 heterocycles. The number of carbonyl (C=O) groups excluding carboxylic acids is 1. The summed E-state index contributed by atoms with van der Waals surface area (Å²) in [6, 6.07) is 15.8. The second kappa shape index (κ2) is 7.48. The van der Waals surface area contributed by atoms with Gasteiger partial charge in [0.05, 0.1) is 17.7 Å². The summed E-state index contributed by atoms with van der Waals surface area (Å²) in [5.74, 6) is 0.302. The van der Waals surface area contributed by atoms with Crippen molar-refractivity contribution < 1.29 is 9.53 Å². The zero-order valence-electron chi connectivity index (χ0n) is 12.0. The molecule has 0 saturated carbocycles. The van der Waals surface area contributed by atoms with Crippen LogP contribution in [0.25, 0.3) is 0 Å². The van der Waals surface area contributed by atoms with Gasteiger partial charge >= 0.3 is 0 Å². The van der Waals surface area contributed by atoms with E-state index in [1.807, 2.05) is 31.2 Å². The molecule has 112 valence electrons. The third-order valence-corrected chi connectivity index (χ3v) is 3.45. The number of nitrogens with zero attached hydrogens (tertiary/aromatic N) is 1. The highest BCUT2D eigenvalue weighted by atomic mass is 35.5. The van der Waals surface area contributed by atoms with Gasteiger partial charge in [0, 0.05) is 5.02 Å². The van der Waals surface area contributed by atoms with Crippen molar-refractivity contribution in [3.8, 4) is 11.8 Å². The summed E-state index contributed by atoms with van der Waals surface area (Å²) in [4.78, 5) is 11.9. The molecule has 0 radical (unpaired) electrons. The molecular weight excluding hydrogens is 300 g/mol. The summed E-state index contributed by atoms with van der Waals surface area (Å²) in [5.41, 5.74) is 1.40. The first-order valence-electron chi connectivity index (χ1n) is 6.77. The van der Waals surface area contributed by atoms with Crippen molar-refractivity contribution in [1.29, 1.82) is 5.26 Å². The molecular formula is C17H15ClN2O2. The van der Waals surface area contributed by atoms with Crippen LogP contribution in [0, 0.1) is 11.3 Å². The van der Waals surface area contributed by atoms with Gasteiger partial charge in [-0.1, -0.05) is 29.8 Å². The Labute approximate surface area is 134 Å². The van der Waals surface area contributed by atoms with Crippen LogP contribution in [-0.2, 0) is 4.79 Å². The third kappa shape index (κ3) is 4.24. The van der Waals surface area contributed by atoms with E-state index in [1.165, 1.54) is 0 Å². The summed E-state index contributed by atoms with van der Waals surface area (Å²) in [5, 5.41) is 12.2. The predicted molar refractivity (Wildman–Crippen MR) is 84.7 cm³/mol. The second-order valence-electron chi connectivity index (χ2n) is 4.74. The van der Waals surface area contributed by atoms with Gasteiger partial charge in [0.2, 0.25) is 0 Å². The molecule has 0 aliphatic heterocycles. The minimum Gasteiger partial charge on any atom is -0.484 e. The van der Waals surface area contributed by atoms with Crippen LogP contribution >= 0.6 is 11.6 Å². The van der Waals surface area contributed by atoms with Crippen molar-refractivity contribution in [3.05, 3.63) is 64.7 Å². The molecule has 0 aliphatic carbocycles. The van der Waals surface area contributed by atoms with E-state index < -0.39 is 0 Å². The van der Waals surface area contributed by atoms with Crippen LogP contribution in [-0.4, -0.2) is 12.5 Å². The first kappa shape index (κ1) is 15.9. The lowest BCUT2D eigenvalue weighted by molar-refractivity contribution is -0.123. The quantitative estimate of drug-likeness (QED) is 0.919. The van der Waals surface area contributed by atoms with Crippen molar-refractivity contribution in [2.24, 2.45) is 0 Å². The molecule has 2 aromatic rings. The number of hydrogen-bond acceptors (Lipinski definition) is 3. The van der Waals surface area contributed by atoms with Crippen LogP contribution in [0.4, 0.5) is 0 Å². The molecule has 2 aromatic carbocycles. The second-order valence-corrected chi connectivity index (χ2v) is 5.14. The molecule has 0 spiro atoms. The molecule has 0 aliphatic rings. The summed E-state index contributed by atoms with van der Waals surface area (Å²) in [6.07, 6.45) is 0. The van der Waals surface area contributed by atoms with Crippen LogP contribution < -0.4 is 10.1 Å². The molecule has 2 rings (SSSR count). The average molecular weight is 315 g/mol. The zero-order valence-corrected chi connectivity index (χ0v) is 12.8. The van der Waals surface area contributed by atoms with Gasteiger partial charge in [0.1, 0.15) is 5.75 Å². The van der Waals surface area contributed by atoms with E-state index in [0.717, 1.165) is 5.56 Å². The Balaban J connectivity index is 1.87. The van der Waals surface area contributed by atoms with Gasteiger partial charge in [0.25, 0.3) is 5.91 Å². The van der Waals surface area contributed by atoms with E-state index in [1.54, 1.807) is 30.3 Å². The minimum absolute atomic E-state index is 0.0965. The molecule has 0 saturated heterocycles. The molecule has 4 nitrogen and oxygen atoms in total. The van der Waals surface area contributed by atoms with Crippen molar-refractivity contribution in [2.45, 2.75) is 13.0 Å². The average Bonchev–Trinajstić information content (AvgIpc) is 2.53. The first-order valence-corrected chi connectivity index (χ1v) is 7.14. The summed E-state index contributed by atoms with van der Waals surface area (Å²) in [6.45, 7) is 1.77. The molecule has 5 heteroatoms. The Morgan fingerprint density at radius 3 is 2.59 bits per heavy atom. The number of nitrogens with one attached hydrogen (secondary N) is 1. The van der Waals surface area contributed by atoms with Crippen LogP contribution in [0.3, 0.4) is 0 Å². The highest BCUT2D eigenvalue weighted by Gasteiger charge is 2.12. The molecule has 0 bridgehead atoms. The molecule has 1 unspecified atom stereocenters. The van der Waals surface area contributed by atoms with E-state index in [4.69, 9.17) is 21.6 Å². The fraction of sp³-hybridized carbons (Fsp3) is 0.176. The van der Waals surface area contributed by atoms with Crippen molar-refractivity contribution in [1.82, 2.24) is 5.32 Å². The van der Waals surface area contributed by atoms with E-state index in [-0.39, 0.29) is 18.6 Å². The first-order chi connectivity index (χ1) is 10.6. The van der Waals surface area contributed by atoms with Gasteiger partial charge in [-0.25, -0.2) is 0 Å². The van der Waals surface area contributed by atoms with Gasteiger partial charge in [-0.2, -0.15) is 5.26 Å². The minimum atomic E-state index is -0.239. The Bertz CT molecular complexity index is 693. The Hall–Kier alpha value is -2.51. The Kier molecular flexibility index (Phi) is 5.40. The molecule has 1 N–H and O–H groups in total. The monoisotopic (exact) mass is 314 g/mol. The van der Waals surface area contributed by atoms with Gasteiger partial charge < -0.3 is 10.1 Å². The summed E-state index contributed by atoms with van der Waals surface area (Å²) in [7, 11) is 0. The lowest BCUT2D eigenvalue weighted by Crippen LogP contribution is -2.31. The predicted octanol–water partition coefficient (Wildman–Crippen LogP) is 3.47. The fourth-order valence-corrected chi connectivity index (χ4v) is 2.26. The highest BCUT2D eigenvalue weighted by molar-refractivity contribution is 6.31. The normalized spacial score (nSPS) is 11.3. The van der Waals surface area contributed by atoms with Gasteiger partial charge in [-0.3, -0.25) is 4.79 Å². The Morgan fingerprint density at radius 1 is 1.27 bits per heavy atom. The number of ether oxygens (including phenoxy) is 1. The SMILES string of the molecule is CC(NC(=O)COc1ccc(C#N)cc1)c1ccccc1Cl. The van der Waals surface area contributed by atoms with Crippen molar-refractivity contribution >= 4 is 17.5 Å². The van der Waals surface area contributed by atoms with Crippen LogP contribution in [0.15, 0.2) is 48.5 Å². The van der Waals surface area contributed by atoms with Crippen molar-refractivity contribution in [2.75, 3.05) is 6.61 Å². The lowest BCUT2D eigenvalue weighted by Gasteiger charge is -2.16. The van der Waals surface area contributed by atoms with E-state index in [9.17, 15) is 4.79 Å². The van der Waals surface area contributed by atoms with Gasteiger partial charge in [0.15, 0.2) is 6.61 Å². The third-order valence-electron chi connectivity index (χ3n) is 3.10. The summed E-state index contributed by atoms with van der Waals surface area (Å²) >= 11 is 6.10. The molecule has 1 atom stereocenters. The number of nitriles is 1. The number of halogens is 1. The van der Waals surface area contributed by atoms with Crippen LogP contribution in [0.2, 0.25) is 5.02 Å². The van der Waals surface area contributed by atoms with E-state index >= 15 is 0 Å². The standard InChI is InChI=1S/C17H15ClN2O2/c1-12(15-4-2-3-5-16(15)18)20-17(21)11-22-14-8-6-13(10-19)7-9-14/h2-9,12H,11H2,1H3,(H,20,21). The number of hydrogen-bond donors (Lipinski definition) is 1. The zero-order chi connectivity index (χ0) is 15.9. The van der Waals surface area contributed by atoms with Crippen molar-refractivity contribution in [3.63, 3.8) is 0 Å². The lowest BCUT2D eigenvalue weighted by atomic mass is 10.1. The van der Waals surface area contributed by atoms with Crippen LogP contribution in [0.5, 0.6) is 5.75 Å². The van der Waals surface area contributed by atoms with Gasteiger partial charge in [-0.05, 0) is 42.8 Å². The number of benzene rings is 2. The molecule has 0 aromatic heterocycles. The van der Waals surface area contributed by atoms with Crippen LogP contribution in [0.1, 0.15) is 24.1 Å². The highest BCUT2D eigenvalue weighted by Crippen LogP contribution is 2.22. The molecule has 0 fully saturated rings. The maximum Gasteiger partial charge on any atom is 0.258 e. The maximum absolute atomic E-state index is 11.9. The maximum atomic E-state index is 11.9.